The number of anilines is 1. The van der Waals surface area contributed by atoms with E-state index in [0.29, 0.717) is 21.5 Å². The normalized spacial score (nSPS) is 10.0. The standard InChI is InChI=1S/C9H13N3OS2/c1-3-4-6(13)11-7-5(2)10-9(15)12-8(7)14/h3-4H2,1-2H3,(H,11,13)(H2,10,12,14,15). The van der Waals surface area contributed by atoms with Crippen LogP contribution in [0.3, 0.4) is 0 Å². The van der Waals surface area contributed by atoms with Crippen molar-refractivity contribution >= 4 is 36.0 Å². The van der Waals surface area contributed by atoms with Gasteiger partial charge < -0.3 is 15.3 Å². The van der Waals surface area contributed by atoms with Crippen molar-refractivity contribution in [1.29, 1.82) is 0 Å². The molecule has 3 N–H and O–H groups in total. The van der Waals surface area contributed by atoms with E-state index in [1.165, 1.54) is 0 Å². The Balaban J connectivity index is 3.00. The van der Waals surface area contributed by atoms with Crippen molar-refractivity contribution in [1.82, 2.24) is 9.97 Å². The zero-order chi connectivity index (χ0) is 11.4. The fraction of sp³-hybridized carbons (Fsp3) is 0.444. The van der Waals surface area contributed by atoms with Gasteiger partial charge in [0.15, 0.2) is 4.77 Å². The number of carbonyl (C=O) groups excluding carboxylic acids is 1. The summed E-state index contributed by atoms with van der Waals surface area (Å²) in [6.45, 7) is 3.77. The zero-order valence-electron chi connectivity index (χ0n) is 8.64. The molecule has 0 aliphatic heterocycles. The van der Waals surface area contributed by atoms with Crippen LogP contribution in [0.4, 0.5) is 5.69 Å². The van der Waals surface area contributed by atoms with Crippen LogP contribution >= 0.6 is 24.4 Å². The third kappa shape index (κ3) is 3.24. The van der Waals surface area contributed by atoms with Gasteiger partial charge in [0, 0.05) is 12.1 Å². The SMILES string of the molecule is CCCC(=O)Nc1c(C)[nH]c(=S)[nH]c1=S. The number of amides is 1. The summed E-state index contributed by atoms with van der Waals surface area (Å²) in [6.07, 6.45) is 1.30. The molecule has 4 nitrogen and oxygen atoms in total. The molecule has 0 aliphatic carbocycles. The van der Waals surface area contributed by atoms with Crippen LogP contribution in [0.15, 0.2) is 0 Å². The van der Waals surface area contributed by atoms with Crippen molar-refractivity contribution in [3.63, 3.8) is 0 Å². The van der Waals surface area contributed by atoms with E-state index in [1.807, 2.05) is 13.8 Å². The summed E-state index contributed by atoms with van der Waals surface area (Å²) in [5, 5.41) is 2.75. The number of aryl methyl sites for hydroxylation is 1. The van der Waals surface area contributed by atoms with Crippen molar-refractivity contribution in [3.05, 3.63) is 15.1 Å². The lowest BCUT2D eigenvalue weighted by atomic mass is 10.3. The molecule has 15 heavy (non-hydrogen) atoms. The minimum Gasteiger partial charge on any atom is -0.334 e. The van der Waals surface area contributed by atoms with Crippen LogP contribution in [0.5, 0.6) is 0 Å². The van der Waals surface area contributed by atoms with E-state index in [4.69, 9.17) is 24.4 Å². The number of hydrogen-bond donors (Lipinski definition) is 3. The highest BCUT2D eigenvalue weighted by Gasteiger charge is 2.05. The molecule has 0 unspecified atom stereocenters. The van der Waals surface area contributed by atoms with Gasteiger partial charge in [-0.1, -0.05) is 19.1 Å². The summed E-state index contributed by atoms with van der Waals surface area (Å²) in [5.74, 6) is -0.0365. The van der Waals surface area contributed by atoms with Gasteiger partial charge in [-0.05, 0) is 25.6 Å². The molecule has 82 valence electrons. The summed E-state index contributed by atoms with van der Waals surface area (Å²) in [6, 6.07) is 0. The summed E-state index contributed by atoms with van der Waals surface area (Å²) in [4.78, 5) is 17.1. The molecular formula is C9H13N3OS2. The van der Waals surface area contributed by atoms with Gasteiger partial charge in [-0.15, -0.1) is 0 Å². The first kappa shape index (κ1) is 12.1. The lowest BCUT2D eigenvalue weighted by Gasteiger charge is -2.07. The van der Waals surface area contributed by atoms with Gasteiger partial charge in [-0.2, -0.15) is 0 Å². The smallest absolute Gasteiger partial charge is 0.224 e. The first-order chi connectivity index (χ1) is 7.04. The van der Waals surface area contributed by atoms with Crippen LogP contribution in [-0.4, -0.2) is 15.9 Å². The van der Waals surface area contributed by atoms with Gasteiger partial charge in [0.25, 0.3) is 0 Å². The number of nitrogens with one attached hydrogen (secondary N) is 3. The fourth-order valence-electron chi connectivity index (χ4n) is 1.18. The van der Waals surface area contributed by atoms with E-state index in [0.717, 1.165) is 12.1 Å². The summed E-state index contributed by atoms with van der Waals surface area (Å²) in [7, 11) is 0. The molecule has 0 aliphatic rings. The van der Waals surface area contributed by atoms with Gasteiger partial charge >= 0.3 is 0 Å². The van der Waals surface area contributed by atoms with Gasteiger partial charge in [-0.3, -0.25) is 4.79 Å². The van der Waals surface area contributed by atoms with Gasteiger partial charge in [-0.25, -0.2) is 0 Å². The van der Waals surface area contributed by atoms with E-state index in [2.05, 4.69) is 15.3 Å². The lowest BCUT2D eigenvalue weighted by Crippen LogP contribution is -2.13. The molecule has 0 saturated heterocycles. The Kier molecular flexibility index (Phi) is 4.16. The Labute approximate surface area is 98.1 Å². The third-order valence-electron chi connectivity index (χ3n) is 1.87. The number of aromatic amines is 2. The Hall–Kier alpha value is -1.01. The number of aromatic nitrogens is 2. The Morgan fingerprint density at radius 1 is 1.40 bits per heavy atom. The second-order valence-corrected chi connectivity index (χ2v) is 4.02. The maximum atomic E-state index is 11.4. The number of hydrogen-bond acceptors (Lipinski definition) is 3. The first-order valence-electron chi connectivity index (χ1n) is 4.67. The number of H-pyrrole nitrogens is 2. The second-order valence-electron chi connectivity index (χ2n) is 3.21. The molecule has 1 aromatic heterocycles. The molecule has 0 atom stereocenters. The molecule has 0 bridgehead atoms. The molecule has 0 radical (unpaired) electrons. The molecule has 1 aromatic rings. The zero-order valence-corrected chi connectivity index (χ0v) is 10.3. The highest BCUT2D eigenvalue weighted by molar-refractivity contribution is 7.72. The summed E-state index contributed by atoms with van der Waals surface area (Å²) < 4.78 is 0.923. The molecule has 0 aromatic carbocycles. The Morgan fingerprint density at radius 2 is 2.07 bits per heavy atom. The fourth-order valence-corrected chi connectivity index (χ4v) is 1.81. The van der Waals surface area contributed by atoms with Gasteiger partial charge in [0.05, 0.1) is 5.69 Å². The van der Waals surface area contributed by atoms with Crippen molar-refractivity contribution in [2.24, 2.45) is 0 Å². The molecule has 0 saturated carbocycles. The van der Waals surface area contributed by atoms with Crippen molar-refractivity contribution in [3.8, 4) is 0 Å². The van der Waals surface area contributed by atoms with Crippen LogP contribution < -0.4 is 5.32 Å². The first-order valence-corrected chi connectivity index (χ1v) is 5.49. The lowest BCUT2D eigenvalue weighted by molar-refractivity contribution is -0.116. The third-order valence-corrected chi connectivity index (χ3v) is 2.38. The minimum atomic E-state index is -0.0365. The molecular weight excluding hydrogens is 230 g/mol. The van der Waals surface area contributed by atoms with E-state index < -0.39 is 0 Å². The maximum Gasteiger partial charge on any atom is 0.224 e. The highest BCUT2D eigenvalue weighted by atomic mass is 32.1. The van der Waals surface area contributed by atoms with Crippen molar-refractivity contribution in [2.75, 3.05) is 5.32 Å². The summed E-state index contributed by atoms with van der Waals surface area (Å²) >= 11 is 9.99. The molecule has 1 amide bonds. The molecule has 0 fully saturated rings. The van der Waals surface area contributed by atoms with E-state index in [1.54, 1.807) is 0 Å². The van der Waals surface area contributed by atoms with Crippen LogP contribution in [0.25, 0.3) is 0 Å². The number of rotatable bonds is 3. The van der Waals surface area contributed by atoms with E-state index >= 15 is 0 Å². The predicted octanol–water partition coefficient (Wildman–Crippen LogP) is 2.85. The van der Waals surface area contributed by atoms with Crippen LogP contribution in [0.2, 0.25) is 0 Å². The van der Waals surface area contributed by atoms with Crippen LogP contribution in [0.1, 0.15) is 25.5 Å². The average Bonchev–Trinajstić information content (AvgIpc) is 2.11. The quantitative estimate of drug-likeness (QED) is 0.715. The van der Waals surface area contributed by atoms with E-state index in [9.17, 15) is 4.79 Å². The topological polar surface area (TPSA) is 60.7 Å². The predicted molar refractivity (Wildman–Crippen MR) is 65.1 cm³/mol. The van der Waals surface area contributed by atoms with Gasteiger partial charge in [0.2, 0.25) is 5.91 Å². The maximum absolute atomic E-state index is 11.4. The van der Waals surface area contributed by atoms with Crippen LogP contribution in [-0.2, 0) is 4.79 Å². The van der Waals surface area contributed by atoms with Crippen molar-refractivity contribution in [2.45, 2.75) is 26.7 Å². The molecule has 1 heterocycles. The summed E-state index contributed by atoms with van der Waals surface area (Å²) in [5.41, 5.74) is 1.38. The largest absolute Gasteiger partial charge is 0.334 e. The number of carbonyl (C=O) groups is 1. The monoisotopic (exact) mass is 243 g/mol. The molecule has 6 heteroatoms. The average molecular weight is 243 g/mol. The van der Waals surface area contributed by atoms with Crippen molar-refractivity contribution < 1.29 is 4.79 Å². The van der Waals surface area contributed by atoms with E-state index in [-0.39, 0.29) is 5.91 Å². The Bertz CT molecular complexity index is 475. The minimum absolute atomic E-state index is 0.0365. The van der Waals surface area contributed by atoms with Gasteiger partial charge in [0.1, 0.15) is 4.64 Å². The Morgan fingerprint density at radius 3 is 2.60 bits per heavy atom. The molecule has 0 spiro atoms. The second kappa shape index (κ2) is 5.18. The highest BCUT2D eigenvalue weighted by Crippen LogP contribution is 2.12. The molecule has 1 rings (SSSR count). The van der Waals surface area contributed by atoms with Crippen LogP contribution in [0, 0.1) is 16.3 Å².